The van der Waals surface area contributed by atoms with Gasteiger partial charge in [-0.05, 0) is 56.2 Å². The van der Waals surface area contributed by atoms with Gasteiger partial charge in [0.2, 0.25) is 0 Å². The maximum Gasteiger partial charge on any atom is 0.265 e. The van der Waals surface area contributed by atoms with Crippen molar-refractivity contribution in [3.05, 3.63) is 58.4 Å². The molecule has 1 N–H and O–H groups in total. The van der Waals surface area contributed by atoms with Crippen LogP contribution in [0.1, 0.15) is 18.1 Å². The Morgan fingerprint density at radius 2 is 2.00 bits per heavy atom. The number of hydrogen-bond donors (Lipinski definition) is 1. The maximum atomic E-state index is 13.1. The fourth-order valence-electron chi connectivity index (χ4n) is 1.91. The average molecular weight is 322 g/mol. The number of hydrogen-bond acceptors (Lipinski definition) is 2. The molecule has 0 aliphatic carbocycles. The van der Waals surface area contributed by atoms with Crippen LogP contribution >= 0.6 is 11.6 Å². The van der Waals surface area contributed by atoms with E-state index in [-0.39, 0.29) is 10.9 Å². The first-order valence-electron chi connectivity index (χ1n) is 6.87. The number of aryl methyl sites for hydroxylation is 1. The van der Waals surface area contributed by atoms with Gasteiger partial charge < -0.3 is 10.1 Å². The van der Waals surface area contributed by atoms with Crippen LogP contribution in [0.3, 0.4) is 0 Å². The van der Waals surface area contributed by atoms with Gasteiger partial charge in [-0.25, -0.2) is 4.39 Å². The van der Waals surface area contributed by atoms with Crippen LogP contribution in [0.2, 0.25) is 5.02 Å². The van der Waals surface area contributed by atoms with Gasteiger partial charge in [0, 0.05) is 5.69 Å². The quantitative estimate of drug-likeness (QED) is 0.900. The van der Waals surface area contributed by atoms with Gasteiger partial charge in [-0.1, -0.05) is 23.7 Å². The van der Waals surface area contributed by atoms with Crippen LogP contribution in [0.4, 0.5) is 10.1 Å². The molecule has 0 bridgehead atoms. The predicted molar refractivity (Wildman–Crippen MR) is 86.0 cm³/mol. The molecule has 116 valence electrons. The van der Waals surface area contributed by atoms with Gasteiger partial charge >= 0.3 is 0 Å². The molecule has 5 heteroatoms. The highest BCUT2D eigenvalue weighted by Gasteiger charge is 2.16. The van der Waals surface area contributed by atoms with Gasteiger partial charge in [0.15, 0.2) is 6.10 Å². The van der Waals surface area contributed by atoms with Crippen LogP contribution in [0.5, 0.6) is 5.75 Å². The molecule has 0 saturated carbocycles. The topological polar surface area (TPSA) is 38.3 Å². The van der Waals surface area contributed by atoms with Gasteiger partial charge in [0.05, 0.1) is 5.02 Å². The molecule has 2 rings (SSSR count). The lowest BCUT2D eigenvalue weighted by molar-refractivity contribution is -0.122. The van der Waals surface area contributed by atoms with Crippen LogP contribution in [-0.4, -0.2) is 12.0 Å². The Kier molecular flexibility index (Phi) is 5.03. The Bertz CT molecular complexity index is 703. The third-order valence-corrected chi connectivity index (χ3v) is 3.70. The van der Waals surface area contributed by atoms with E-state index < -0.39 is 11.9 Å². The lowest BCUT2D eigenvalue weighted by Gasteiger charge is -2.17. The molecule has 3 nitrogen and oxygen atoms in total. The Hall–Kier alpha value is -2.07. The Morgan fingerprint density at radius 1 is 1.27 bits per heavy atom. The number of carbonyl (C=O) groups is 1. The number of ether oxygens (including phenoxy) is 1. The van der Waals surface area contributed by atoms with Gasteiger partial charge in [0.1, 0.15) is 11.6 Å². The number of rotatable bonds is 4. The van der Waals surface area contributed by atoms with Crippen LogP contribution in [0.25, 0.3) is 0 Å². The minimum Gasteiger partial charge on any atom is -0.481 e. The van der Waals surface area contributed by atoms with Gasteiger partial charge in [0.25, 0.3) is 5.91 Å². The van der Waals surface area contributed by atoms with E-state index in [1.165, 1.54) is 18.2 Å². The molecule has 0 radical (unpaired) electrons. The number of benzene rings is 2. The lowest BCUT2D eigenvalue weighted by atomic mass is 10.1. The second-order valence-corrected chi connectivity index (χ2v) is 5.48. The van der Waals surface area contributed by atoms with Crippen molar-refractivity contribution in [3.63, 3.8) is 0 Å². The van der Waals surface area contributed by atoms with E-state index in [0.717, 1.165) is 11.1 Å². The lowest BCUT2D eigenvalue weighted by Crippen LogP contribution is -2.30. The zero-order chi connectivity index (χ0) is 16.3. The molecule has 0 heterocycles. The molecule has 2 aromatic rings. The van der Waals surface area contributed by atoms with Crippen molar-refractivity contribution in [2.45, 2.75) is 26.9 Å². The summed E-state index contributed by atoms with van der Waals surface area (Å²) < 4.78 is 18.8. The first kappa shape index (κ1) is 16.3. The van der Waals surface area contributed by atoms with Crippen molar-refractivity contribution in [1.29, 1.82) is 0 Å². The van der Waals surface area contributed by atoms with E-state index >= 15 is 0 Å². The molecule has 0 aliphatic rings. The second kappa shape index (κ2) is 6.79. The van der Waals surface area contributed by atoms with Crippen LogP contribution in [0.15, 0.2) is 36.4 Å². The number of nitrogens with one attached hydrogen (secondary N) is 1. The molecule has 0 aliphatic heterocycles. The van der Waals surface area contributed by atoms with E-state index in [1.807, 2.05) is 32.0 Å². The van der Waals surface area contributed by atoms with Crippen LogP contribution in [0, 0.1) is 19.7 Å². The molecular formula is C17H17ClFNO2. The summed E-state index contributed by atoms with van der Waals surface area (Å²) in [6.45, 7) is 5.57. The van der Waals surface area contributed by atoms with E-state index in [1.54, 1.807) is 6.92 Å². The molecule has 0 fully saturated rings. The predicted octanol–water partition coefficient (Wildman–Crippen LogP) is 4.50. The van der Waals surface area contributed by atoms with Crippen molar-refractivity contribution in [2.75, 3.05) is 5.32 Å². The molecule has 0 saturated heterocycles. The molecule has 0 unspecified atom stereocenters. The zero-order valence-electron chi connectivity index (χ0n) is 12.6. The monoisotopic (exact) mass is 321 g/mol. The number of anilines is 1. The highest BCUT2D eigenvalue weighted by atomic mass is 35.5. The molecule has 1 atom stereocenters. The highest BCUT2D eigenvalue weighted by molar-refractivity contribution is 6.31. The van der Waals surface area contributed by atoms with E-state index in [2.05, 4.69) is 5.32 Å². The van der Waals surface area contributed by atoms with Crippen LogP contribution < -0.4 is 10.1 Å². The summed E-state index contributed by atoms with van der Waals surface area (Å²) in [5.41, 5.74) is 2.51. The van der Waals surface area contributed by atoms with Crippen molar-refractivity contribution in [3.8, 4) is 5.75 Å². The number of carbonyl (C=O) groups excluding carboxylic acids is 1. The van der Waals surface area contributed by atoms with E-state index in [9.17, 15) is 9.18 Å². The van der Waals surface area contributed by atoms with Crippen molar-refractivity contribution in [1.82, 2.24) is 0 Å². The molecule has 2 aromatic carbocycles. The third kappa shape index (κ3) is 3.77. The molecule has 1 amide bonds. The van der Waals surface area contributed by atoms with Crippen molar-refractivity contribution < 1.29 is 13.9 Å². The van der Waals surface area contributed by atoms with Crippen LogP contribution in [-0.2, 0) is 4.79 Å². The molecular weight excluding hydrogens is 305 g/mol. The summed E-state index contributed by atoms with van der Waals surface area (Å²) in [6.07, 6.45) is -0.690. The first-order valence-corrected chi connectivity index (χ1v) is 7.25. The standard InChI is InChI=1S/C17H17ClFNO2/c1-10-5-4-6-16(11(10)2)22-12(3)17(21)20-13-7-8-15(19)14(18)9-13/h4-9,12H,1-3H3,(H,20,21)/t12-/m1/s1. The Balaban J connectivity index is 2.06. The summed E-state index contributed by atoms with van der Waals surface area (Å²) >= 11 is 5.69. The number of halogens is 2. The van der Waals surface area contributed by atoms with E-state index in [4.69, 9.17) is 16.3 Å². The molecule has 0 spiro atoms. The van der Waals surface area contributed by atoms with Gasteiger partial charge in [-0.15, -0.1) is 0 Å². The van der Waals surface area contributed by atoms with Crippen molar-refractivity contribution >= 4 is 23.2 Å². The SMILES string of the molecule is Cc1cccc(O[C@H](C)C(=O)Nc2ccc(F)c(Cl)c2)c1C. The minimum atomic E-state index is -0.690. The molecule has 0 aromatic heterocycles. The second-order valence-electron chi connectivity index (χ2n) is 5.08. The largest absolute Gasteiger partial charge is 0.481 e. The fraction of sp³-hybridized carbons (Fsp3) is 0.235. The summed E-state index contributed by atoms with van der Waals surface area (Å²) in [7, 11) is 0. The number of amides is 1. The highest BCUT2D eigenvalue weighted by Crippen LogP contribution is 2.23. The fourth-order valence-corrected chi connectivity index (χ4v) is 2.09. The maximum absolute atomic E-state index is 13.1. The summed E-state index contributed by atoms with van der Waals surface area (Å²) in [5.74, 6) is -0.192. The van der Waals surface area contributed by atoms with E-state index in [0.29, 0.717) is 11.4 Å². The molecule has 22 heavy (non-hydrogen) atoms. The third-order valence-electron chi connectivity index (χ3n) is 3.42. The minimum absolute atomic E-state index is 0.0408. The summed E-state index contributed by atoms with van der Waals surface area (Å²) in [4.78, 5) is 12.1. The summed E-state index contributed by atoms with van der Waals surface area (Å²) in [6, 6.07) is 9.69. The Morgan fingerprint density at radius 3 is 2.68 bits per heavy atom. The summed E-state index contributed by atoms with van der Waals surface area (Å²) in [5, 5.41) is 2.61. The normalized spacial score (nSPS) is 11.9. The van der Waals surface area contributed by atoms with Gasteiger partial charge in [-0.3, -0.25) is 4.79 Å². The Labute approximate surface area is 134 Å². The smallest absolute Gasteiger partial charge is 0.265 e. The zero-order valence-corrected chi connectivity index (χ0v) is 13.4. The average Bonchev–Trinajstić information content (AvgIpc) is 2.47. The first-order chi connectivity index (χ1) is 10.4. The van der Waals surface area contributed by atoms with Crippen molar-refractivity contribution in [2.24, 2.45) is 0 Å². The van der Waals surface area contributed by atoms with Gasteiger partial charge in [-0.2, -0.15) is 0 Å².